The minimum Gasteiger partial charge on any atom is -0.307 e. The highest BCUT2D eigenvalue weighted by atomic mass is 79.9. The molecule has 0 spiro atoms. The summed E-state index contributed by atoms with van der Waals surface area (Å²) in [7, 11) is 0. The Bertz CT molecular complexity index is 386. The van der Waals surface area contributed by atoms with E-state index >= 15 is 0 Å². The minimum atomic E-state index is 0.479. The highest BCUT2D eigenvalue weighted by molar-refractivity contribution is 9.10. The fourth-order valence-corrected chi connectivity index (χ4v) is 3.55. The van der Waals surface area contributed by atoms with Crippen molar-refractivity contribution in [1.82, 2.24) is 5.32 Å². The fourth-order valence-electron chi connectivity index (χ4n) is 3.29. The summed E-state index contributed by atoms with van der Waals surface area (Å²) >= 11 is 3.49. The molecule has 0 amide bonds. The Morgan fingerprint density at radius 3 is 2.76 bits per heavy atom. The number of benzene rings is 1. The first-order valence-electron chi connectivity index (χ1n) is 6.75. The maximum Gasteiger partial charge on any atom is 0.0294 e. The fraction of sp³-hybridized carbons (Fsp3) is 0.600. The molecule has 17 heavy (non-hydrogen) atoms. The van der Waals surface area contributed by atoms with Gasteiger partial charge < -0.3 is 5.32 Å². The number of hydrogen-bond acceptors (Lipinski definition) is 1. The summed E-state index contributed by atoms with van der Waals surface area (Å²) in [4.78, 5) is 0. The molecule has 1 aromatic carbocycles. The molecule has 0 radical (unpaired) electrons. The van der Waals surface area contributed by atoms with Crippen LogP contribution in [0.2, 0.25) is 0 Å². The van der Waals surface area contributed by atoms with Crippen molar-refractivity contribution >= 4 is 15.9 Å². The van der Waals surface area contributed by atoms with Gasteiger partial charge in [0.05, 0.1) is 0 Å². The molecule has 2 unspecified atom stereocenters. The lowest BCUT2D eigenvalue weighted by atomic mass is 9.94. The van der Waals surface area contributed by atoms with Crippen LogP contribution in [-0.4, -0.2) is 6.04 Å². The zero-order valence-electron chi connectivity index (χ0n) is 10.3. The smallest absolute Gasteiger partial charge is 0.0294 e. The van der Waals surface area contributed by atoms with Crippen molar-refractivity contribution in [3.05, 3.63) is 34.3 Å². The second-order valence-corrected chi connectivity index (χ2v) is 6.55. The lowest BCUT2D eigenvalue weighted by Gasteiger charge is -2.26. The van der Waals surface area contributed by atoms with Crippen LogP contribution in [-0.2, 0) is 0 Å². The monoisotopic (exact) mass is 293 g/mol. The van der Waals surface area contributed by atoms with E-state index in [1.165, 1.54) is 31.2 Å². The van der Waals surface area contributed by atoms with Crippen molar-refractivity contribution < 1.29 is 0 Å². The predicted molar refractivity (Wildman–Crippen MR) is 74.9 cm³/mol. The molecule has 1 nitrogen and oxygen atoms in total. The molecule has 0 aromatic heterocycles. The second kappa shape index (κ2) is 4.74. The zero-order valence-corrected chi connectivity index (χ0v) is 11.9. The molecular formula is C15H20BrN. The van der Waals surface area contributed by atoms with E-state index in [4.69, 9.17) is 0 Å². The number of hydrogen-bond donors (Lipinski definition) is 1. The molecule has 4 atom stereocenters. The minimum absolute atomic E-state index is 0.479. The highest BCUT2D eigenvalue weighted by Crippen LogP contribution is 2.49. The third-order valence-electron chi connectivity index (χ3n) is 4.42. The van der Waals surface area contributed by atoms with E-state index in [1.807, 2.05) is 0 Å². The largest absolute Gasteiger partial charge is 0.307 e. The third kappa shape index (κ3) is 2.58. The molecule has 1 N–H and O–H groups in total. The van der Waals surface area contributed by atoms with Crippen LogP contribution >= 0.6 is 15.9 Å². The van der Waals surface area contributed by atoms with Crippen molar-refractivity contribution in [2.45, 2.75) is 44.7 Å². The molecule has 92 valence electrons. The Kier molecular flexibility index (Phi) is 3.27. The summed E-state index contributed by atoms with van der Waals surface area (Å²) in [6.45, 7) is 2.29. The molecule has 2 saturated carbocycles. The quantitative estimate of drug-likeness (QED) is 0.877. The predicted octanol–water partition coefficient (Wildman–Crippen LogP) is 4.29. The summed E-state index contributed by atoms with van der Waals surface area (Å²) in [5, 5.41) is 3.83. The average Bonchev–Trinajstić information content (AvgIpc) is 3.10. The van der Waals surface area contributed by atoms with Gasteiger partial charge in [-0.1, -0.05) is 40.9 Å². The lowest BCUT2D eigenvalue weighted by Crippen LogP contribution is -2.35. The van der Waals surface area contributed by atoms with Crippen LogP contribution in [0.25, 0.3) is 0 Å². The van der Waals surface area contributed by atoms with Crippen LogP contribution in [0, 0.1) is 11.8 Å². The van der Waals surface area contributed by atoms with Crippen LogP contribution < -0.4 is 5.32 Å². The van der Waals surface area contributed by atoms with Gasteiger partial charge >= 0.3 is 0 Å². The molecule has 2 aliphatic rings. The van der Waals surface area contributed by atoms with Crippen molar-refractivity contribution in [2.75, 3.05) is 0 Å². The molecule has 0 aliphatic heterocycles. The van der Waals surface area contributed by atoms with E-state index in [0.717, 1.165) is 22.4 Å². The van der Waals surface area contributed by atoms with E-state index in [0.29, 0.717) is 6.04 Å². The molecule has 0 heterocycles. The van der Waals surface area contributed by atoms with E-state index in [9.17, 15) is 0 Å². The maximum absolute atomic E-state index is 3.83. The van der Waals surface area contributed by atoms with Gasteiger partial charge in [-0.25, -0.2) is 0 Å². The molecule has 0 bridgehead atoms. The SMILES string of the molecule is CC(NC1CCC[C@H]2C[C@@H]12)c1ccc(Br)cc1. The standard InChI is InChI=1S/C15H20BrN/c1-10(11-5-7-13(16)8-6-11)17-15-4-2-3-12-9-14(12)15/h5-8,10,12,14-15,17H,2-4,9H2,1H3/t10?,12-,14+,15?/m0/s1. The van der Waals surface area contributed by atoms with Gasteiger partial charge in [0, 0.05) is 16.6 Å². The lowest BCUT2D eigenvalue weighted by molar-refractivity contribution is 0.329. The van der Waals surface area contributed by atoms with Gasteiger partial charge in [-0.3, -0.25) is 0 Å². The summed E-state index contributed by atoms with van der Waals surface area (Å²) in [5.41, 5.74) is 1.40. The van der Waals surface area contributed by atoms with E-state index < -0.39 is 0 Å². The number of nitrogens with one attached hydrogen (secondary N) is 1. The van der Waals surface area contributed by atoms with Crippen molar-refractivity contribution in [3.8, 4) is 0 Å². The maximum atomic E-state index is 3.83. The van der Waals surface area contributed by atoms with Crippen LogP contribution in [0.1, 0.15) is 44.2 Å². The third-order valence-corrected chi connectivity index (χ3v) is 4.95. The number of fused-ring (bicyclic) bond motifs is 1. The van der Waals surface area contributed by atoms with Crippen LogP contribution in [0.5, 0.6) is 0 Å². The Morgan fingerprint density at radius 2 is 2.00 bits per heavy atom. The Hall–Kier alpha value is -0.340. The molecule has 3 rings (SSSR count). The van der Waals surface area contributed by atoms with Gasteiger partial charge in [0.15, 0.2) is 0 Å². The van der Waals surface area contributed by atoms with Crippen molar-refractivity contribution in [1.29, 1.82) is 0 Å². The average molecular weight is 294 g/mol. The van der Waals surface area contributed by atoms with E-state index in [1.54, 1.807) is 0 Å². The molecule has 2 fully saturated rings. The Morgan fingerprint density at radius 1 is 1.24 bits per heavy atom. The van der Waals surface area contributed by atoms with Crippen molar-refractivity contribution in [2.24, 2.45) is 11.8 Å². The van der Waals surface area contributed by atoms with Gasteiger partial charge in [-0.2, -0.15) is 0 Å². The Labute approximate surface area is 112 Å². The molecular weight excluding hydrogens is 274 g/mol. The van der Waals surface area contributed by atoms with Gasteiger partial charge in [-0.05, 0) is 49.3 Å². The van der Waals surface area contributed by atoms with Gasteiger partial charge in [0.25, 0.3) is 0 Å². The van der Waals surface area contributed by atoms with Crippen LogP contribution in [0.15, 0.2) is 28.7 Å². The number of rotatable bonds is 3. The number of halogens is 1. The topological polar surface area (TPSA) is 12.0 Å². The normalized spacial score (nSPS) is 32.9. The van der Waals surface area contributed by atoms with E-state index in [2.05, 4.69) is 52.4 Å². The first-order valence-corrected chi connectivity index (χ1v) is 7.55. The van der Waals surface area contributed by atoms with Gasteiger partial charge in [-0.15, -0.1) is 0 Å². The van der Waals surface area contributed by atoms with Crippen LogP contribution in [0.3, 0.4) is 0 Å². The summed E-state index contributed by atoms with van der Waals surface area (Å²) in [6, 6.07) is 9.95. The zero-order chi connectivity index (χ0) is 11.8. The Balaban J connectivity index is 1.62. The highest BCUT2D eigenvalue weighted by Gasteiger charge is 2.45. The molecule has 1 aromatic rings. The van der Waals surface area contributed by atoms with Crippen LogP contribution in [0.4, 0.5) is 0 Å². The molecule has 2 heteroatoms. The summed E-state index contributed by atoms with van der Waals surface area (Å²) < 4.78 is 1.16. The summed E-state index contributed by atoms with van der Waals surface area (Å²) in [6.07, 6.45) is 5.76. The molecule has 2 aliphatic carbocycles. The summed E-state index contributed by atoms with van der Waals surface area (Å²) in [5.74, 6) is 2.04. The second-order valence-electron chi connectivity index (χ2n) is 5.64. The van der Waals surface area contributed by atoms with Gasteiger partial charge in [0.1, 0.15) is 0 Å². The first kappa shape index (κ1) is 11.7. The van der Waals surface area contributed by atoms with Gasteiger partial charge in [0.2, 0.25) is 0 Å². The first-order chi connectivity index (χ1) is 8.24. The molecule has 0 saturated heterocycles. The van der Waals surface area contributed by atoms with Crippen molar-refractivity contribution in [3.63, 3.8) is 0 Å². The van der Waals surface area contributed by atoms with E-state index in [-0.39, 0.29) is 0 Å².